The van der Waals surface area contributed by atoms with Crippen LogP contribution in [0.2, 0.25) is 0 Å². The van der Waals surface area contributed by atoms with Crippen molar-refractivity contribution in [2.24, 2.45) is 0 Å². The van der Waals surface area contributed by atoms with E-state index in [1.807, 2.05) is 36.4 Å². The zero-order chi connectivity index (χ0) is 12.8. The predicted molar refractivity (Wildman–Crippen MR) is 70.1 cm³/mol. The SMILES string of the molecule is O=S(O)CCc1ccc(Oc2ccccn2)cc1. The molecule has 1 N–H and O–H groups in total. The van der Waals surface area contributed by atoms with E-state index in [0.717, 1.165) is 5.56 Å². The maximum absolute atomic E-state index is 10.6. The number of hydrogen-bond donors (Lipinski definition) is 1. The molecular weight excluding hydrogens is 250 g/mol. The van der Waals surface area contributed by atoms with Gasteiger partial charge in [0.1, 0.15) is 5.75 Å². The topological polar surface area (TPSA) is 59.4 Å². The highest BCUT2D eigenvalue weighted by atomic mass is 32.2. The van der Waals surface area contributed by atoms with Crippen LogP contribution in [0.4, 0.5) is 0 Å². The second kappa shape index (κ2) is 6.28. The molecule has 1 aromatic carbocycles. The Labute approximate surface area is 108 Å². The normalized spacial score (nSPS) is 12.1. The van der Waals surface area contributed by atoms with Crippen molar-refractivity contribution in [1.82, 2.24) is 4.98 Å². The zero-order valence-corrected chi connectivity index (χ0v) is 10.5. The van der Waals surface area contributed by atoms with Crippen LogP contribution < -0.4 is 4.74 Å². The Morgan fingerprint density at radius 1 is 1.17 bits per heavy atom. The van der Waals surface area contributed by atoms with E-state index in [-0.39, 0.29) is 5.75 Å². The summed E-state index contributed by atoms with van der Waals surface area (Å²) in [7, 11) is 0. The van der Waals surface area contributed by atoms with Crippen LogP contribution in [0.1, 0.15) is 5.56 Å². The molecule has 5 heteroatoms. The first-order valence-electron chi connectivity index (χ1n) is 5.49. The zero-order valence-electron chi connectivity index (χ0n) is 9.65. The van der Waals surface area contributed by atoms with E-state index in [1.165, 1.54) is 0 Å². The molecule has 0 spiro atoms. The Bertz CT molecular complexity index is 514. The molecule has 0 saturated carbocycles. The number of aryl methyl sites for hydroxylation is 1. The summed E-state index contributed by atoms with van der Waals surface area (Å²) in [5, 5.41) is 0. The highest BCUT2D eigenvalue weighted by molar-refractivity contribution is 7.79. The van der Waals surface area contributed by atoms with Crippen LogP contribution in [0, 0.1) is 0 Å². The van der Waals surface area contributed by atoms with Crippen LogP contribution in [0.25, 0.3) is 0 Å². The highest BCUT2D eigenvalue weighted by Crippen LogP contribution is 2.19. The molecule has 2 aromatic rings. The van der Waals surface area contributed by atoms with E-state index in [2.05, 4.69) is 4.98 Å². The van der Waals surface area contributed by atoms with Gasteiger partial charge < -0.3 is 9.29 Å². The molecule has 0 radical (unpaired) electrons. The second-order valence-corrected chi connectivity index (χ2v) is 4.74. The molecule has 1 aromatic heterocycles. The third-order valence-electron chi connectivity index (χ3n) is 2.35. The summed E-state index contributed by atoms with van der Waals surface area (Å²) in [4.78, 5) is 4.06. The van der Waals surface area contributed by atoms with Gasteiger partial charge in [-0.05, 0) is 30.2 Å². The molecule has 0 saturated heterocycles. The van der Waals surface area contributed by atoms with Gasteiger partial charge in [0.25, 0.3) is 0 Å². The smallest absolute Gasteiger partial charge is 0.219 e. The van der Waals surface area contributed by atoms with Crippen molar-refractivity contribution >= 4 is 11.1 Å². The summed E-state index contributed by atoms with van der Waals surface area (Å²) in [6, 6.07) is 12.9. The molecule has 0 aliphatic carbocycles. The monoisotopic (exact) mass is 263 g/mol. The summed E-state index contributed by atoms with van der Waals surface area (Å²) in [5.74, 6) is 1.49. The fraction of sp³-hybridized carbons (Fsp3) is 0.154. The molecule has 0 aliphatic heterocycles. The van der Waals surface area contributed by atoms with Gasteiger partial charge in [0.05, 0.1) is 5.75 Å². The largest absolute Gasteiger partial charge is 0.439 e. The number of benzene rings is 1. The van der Waals surface area contributed by atoms with E-state index in [0.29, 0.717) is 18.1 Å². The van der Waals surface area contributed by atoms with E-state index in [4.69, 9.17) is 9.29 Å². The number of rotatable bonds is 5. The lowest BCUT2D eigenvalue weighted by Gasteiger charge is -2.05. The average molecular weight is 263 g/mol. The van der Waals surface area contributed by atoms with Crippen molar-refractivity contribution in [3.63, 3.8) is 0 Å². The maximum atomic E-state index is 10.6. The fourth-order valence-corrected chi connectivity index (χ4v) is 1.87. The molecule has 0 bridgehead atoms. The first-order chi connectivity index (χ1) is 8.74. The van der Waals surface area contributed by atoms with Crippen molar-refractivity contribution in [1.29, 1.82) is 0 Å². The molecular formula is C13H13NO3S. The van der Waals surface area contributed by atoms with Crippen molar-refractivity contribution in [2.45, 2.75) is 6.42 Å². The lowest BCUT2D eigenvalue weighted by Crippen LogP contribution is -1.98. The Morgan fingerprint density at radius 2 is 1.94 bits per heavy atom. The van der Waals surface area contributed by atoms with Crippen LogP contribution in [0.3, 0.4) is 0 Å². The van der Waals surface area contributed by atoms with Gasteiger partial charge in [-0.1, -0.05) is 18.2 Å². The van der Waals surface area contributed by atoms with Gasteiger partial charge in [-0.25, -0.2) is 9.19 Å². The van der Waals surface area contributed by atoms with E-state index in [1.54, 1.807) is 12.3 Å². The Balaban J connectivity index is 1.97. The standard InChI is InChI=1S/C13H13NO3S/c15-18(16)10-8-11-4-6-12(7-5-11)17-13-3-1-2-9-14-13/h1-7,9H,8,10H2,(H,15,16). The number of nitrogens with zero attached hydrogens (tertiary/aromatic N) is 1. The Morgan fingerprint density at radius 3 is 2.56 bits per heavy atom. The summed E-state index contributed by atoms with van der Waals surface area (Å²) < 4.78 is 24.8. The third kappa shape index (κ3) is 3.94. The van der Waals surface area contributed by atoms with Crippen LogP contribution in [-0.2, 0) is 17.5 Å². The number of hydrogen-bond acceptors (Lipinski definition) is 3. The van der Waals surface area contributed by atoms with Crippen molar-refractivity contribution in [3.05, 3.63) is 54.2 Å². The summed E-state index contributed by atoms with van der Waals surface area (Å²) >= 11 is -1.74. The first kappa shape index (κ1) is 12.7. The van der Waals surface area contributed by atoms with Crippen molar-refractivity contribution < 1.29 is 13.5 Å². The number of aromatic nitrogens is 1. The van der Waals surface area contributed by atoms with Crippen LogP contribution >= 0.6 is 0 Å². The fourth-order valence-electron chi connectivity index (χ4n) is 1.46. The van der Waals surface area contributed by atoms with E-state index >= 15 is 0 Å². The van der Waals surface area contributed by atoms with Crippen LogP contribution in [0.15, 0.2) is 48.7 Å². The second-order valence-electron chi connectivity index (χ2n) is 3.69. The van der Waals surface area contributed by atoms with Gasteiger partial charge in [-0.2, -0.15) is 0 Å². The van der Waals surface area contributed by atoms with Crippen LogP contribution in [0.5, 0.6) is 11.6 Å². The van der Waals surface area contributed by atoms with E-state index in [9.17, 15) is 4.21 Å². The molecule has 0 amide bonds. The predicted octanol–water partition coefficient (Wildman–Crippen LogP) is 2.64. The summed E-state index contributed by atoms with van der Waals surface area (Å²) in [5.41, 5.74) is 1.01. The number of pyridine rings is 1. The van der Waals surface area contributed by atoms with Gasteiger partial charge >= 0.3 is 0 Å². The molecule has 1 unspecified atom stereocenters. The van der Waals surface area contributed by atoms with Crippen molar-refractivity contribution in [2.75, 3.05) is 5.75 Å². The molecule has 4 nitrogen and oxygen atoms in total. The van der Waals surface area contributed by atoms with Gasteiger partial charge in [0.15, 0.2) is 11.1 Å². The van der Waals surface area contributed by atoms with Crippen LogP contribution in [-0.4, -0.2) is 19.5 Å². The van der Waals surface area contributed by atoms with Crippen molar-refractivity contribution in [3.8, 4) is 11.6 Å². The van der Waals surface area contributed by atoms with Gasteiger partial charge in [-0.15, -0.1) is 0 Å². The molecule has 18 heavy (non-hydrogen) atoms. The minimum atomic E-state index is -1.74. The highest BCUT2D eigenvalue weighted by Gasteiger charge is 2.00. The Hall–Kier alpha value is -1.72. The van der Waals surface area contributed by atoms with E-state index < -0.39 is 11.1 Å². The molecule has 0 fully saturated rings. The summed E-state index contributed by atoms with van der Waals surface area (Å²) in [6.45, 7) is 0. The molecule has 1 atom stereocenters. The molecule has 0 aliphatic rings. The molecule has 1 heterocycles. The van der Waals surface area contributed by atoms with Gasteiger partial charge in [0.2, 0.25) is 5.88 Å². The lowest BCUT2D eigenvalue weighted by molar-refractivity contribution is 0.463. The quantitative estimate of drug-likeness (QED) is 0.842. The minimum absolute atomic E-state index is 0.250. The Kier molecular flexibility index (Phi) is 4.44. The molecule has 2 rings (SSSR count). The average Bonchev–Trinajstić information content (AvgIpc) is 2.39. The number of ether oxygens (including phenoxy) is 1. The van der Waals surface area contributed by atoms with Gasteiger partial charge in [-0.3, -0.25) is 0 Å². The maximum Gasteiger partial charge on any atom is 0.219 e. The van der Waals surface area contributed by atoms with Gasteiger partial charge in [0, 0.05) is 12.3 Å². The lowest BCUT2D eigenvalue weighted by atomic mass is 10.2. The first-order valence-corrected chi connectivity index (χ1v) is 6.77. The summed E-state index contributed by atoms with van der Waals surface area (Å²) in [6.07, 6.45) is 2.24. The molecule has 94 valence electrons. The third-order valence-corrected chi connectivity index (χ3v) is 2.90. The minimum Gasteiger partial charge on any atom is -0.439 e.